The zero-order valence-corrected chi connectivity index (χ0v) is 12.8. The van der Waals surface area contributed by atoms with Crippen LogP contribution in [0.3, 0.4) is 0 Å². The summed E-state index contributed by atoms with van der Waals surface area (Å²) in [4.78, 5) is 15.9. The molecule has 2 N–H and O–H groups in total. The van der Waals surface area contributed by atoms with Crippen molar-refractivity contribution >= 4 is 22.5 Å². The number of carbonyl (C=O) groups is 1. The van der Waals surface area contributed by atoms with E-state index >= 15 is 0 Å². The molecule has 1 aromatic carbocycles. The zero-order chi connectivity index (χ0) is 15.2. The van der Waals surface area contributed by atoms with Crippen LogP contribution in [0.15, 0.2) is 36.2 Å². The zero-order valence-electron chi connectivity index (χ0n) is 12.0. The Morgan fingerprint density at radius 1 is 1.52 bits per heavy atom. The first-order chi connectivity index (χ1) is 10.1. The van der Waals surface area contributed by atoms with Crippen LogP contribution >= 0.6 is 11.3 Å². The lowest BCUT2D eigenvalue weighted by molar-refractivity contribution is 0.253. The van der Waals surface area contributed by atoms with Crippen molar-refractivity contribution in [2.45, 2.75) is 6.92 Å². The first-order valence-corrected chi connectivity index (χ1v) is 7.28. The number of aryl methyl sites for hydroxylation is 1. The Balaban J connectivity index is 2.10. The minimum Gasteiger partial charge on any atom is -0.496 e. The molecule has 21 heavy (non-hydrogen) atoms. The highest BCUT2D eigenvalue weighted by molar-refractivity contribution is 7.14. The molecule has 0 unspecified atom stereocenters. The maximum absolute atomic E-state index is 11.5. The largest absolute Gasteiger partial charge is 0.496 e. The van der Waals surface area contributed by atoms with E-state index in [1.807, 2.05) is 30.5 Å². The molecular weight excluding hydrogens is 286 g/mol. The van der Waals surface area contributed by atoms with E-state index in [2.05, 4.69) is 22.2 Å². The molecule has 5 nitrogen and oxygen atoms in total. The van der Waals surface area contributed by atoms with Crippen molar-refractivity contribution in [3.8, 4) is 17.0 Å². The molecule has 0 aliphatic carbocycles. The number of hydrogen-bond acceptors (Lipinski definition) is 4. The van der Waals surface area contributed by atoms with Gasteiger partial charge in [-0.05, 0) is 30.7 Å². The summed E-state index contributed by atoms with van der Waals surface area (Å²) in [5, 5.41) is 7.79. The van der Waals surface area contributed by atoms with E-state index in [9.17, 15) is 4.79 Å². The molecule has 0 aliphatic rings. The van der Waals surface area contributed by atoms with Gasteiger partial charge in [0.1, 0.15) is 5.75 Å². The Labute approximate surface area is 127 Å². The molecule has 110 valence electrons. The highest BCUT2D eigenvalue weighted by Gasteiger charge is 2.08. The molecule has 2 aromatic rings. The molecule has 1 aromatic heterocycles. The number of nitrogens with one attached hydrogen (secondary N) is 2. The van der Waals surface area contributed by atoms with Crippen LogP contribution in [0.25, 0.3) is 11.3 Å². The van der Waals surface area contributed by atoms with Crippen molar-refractivity contribution in [3.05, 3.63) is 41.8 Å². The monoisotopic (exact) mass is 303 g/mol. The van der Waals surface area contributed by atoms with E-state index in [4.69, 9.17) is 4.74 Å². The summed E-state index contributed by atoms with van der Waals surface area (Å²) in [6.07, 6.45) is 1.62. The second-order valence-electron chi connectivity index (χ2n) is 4.35. The van der Waals surface area contributed by atoms with Gasteiger partial charge in [0.05, 0.1) is 12.8 Å². The minimum absolute atomic E-state index is 0.290. The van der Waals surface area contributed by atoms with Gasteiger partial charge in [-0.2, -0.15) is 0 Å². The number of nitrogens with zero attached hydrogens (tertiary/aromatic N) is 1. The second-order valence-corrected chi connectivity index (χ2v) is 5.20. The number of carbonyl (C=O) groups excluding carboxylic acids is 1. The molecule has 0 atom stereocenters. The Hall–Kier alpha value is -2.34. The quantitative estimate of drug-likeness (QED) is 0.832. The molecule has 0 saturated heterocycles. The van der Waals surface area contributed by atoms with Crippen LogP contribution in [0.4, 0.5) is 9.93 Å². The number of anilines is 1. The second kappa shape index (κ2) is 6.90. The van der Waals surface area contributed by atoms with Gasteiger partial charge in [0.15, 0.2) is 5.13 Å². The van der Waals surface area contributed by atoms with Crippen LogP contribution in [0.2, 0.25) is 0 Å². The summed E-state index contributed by atoms with van der Waals surface area (Å²) in [5.74, 6) is 0.844. The van der Waals surface area contributed by atoms with Gasteiger partial charge in [-0.15, -0.1) is 17.9 Å². The Bertz CT molecular complexity index is 652. The molecule has 0 bridgehead atoms. The van der Waals surface area contributed by atoms with E-state index in [0.29, 0.717) is 11.7 Å². The number of ether oxygens (including phenoxy) is 1. The number of benzene rings is 1. The van der Waals surface area contributed by atoms with Gasteiger partial charge in [0, 0.05) is 17.5 Å². The van der Waals surface area contributed by atoms with Crippen LogP contribution in [-0.2, 0) is 0 Å². The van der Waals surface area contributed by atoms with E-state index in [1.54, 1.807) is 13.2 Å². The molecule has 0 aliphatic heterocycles. The summed E-state index contributed by atoms with van der Waals surface area (Å²) >= 11 is 1.38. The number of amides is 2. The van der Waals surface area contributed by atoms with Crippen molar-refractivity contribution in [1.29, 1.82) is 0 Å². The van der Waals surface area contributed by atoms with Crippen molar-refractivity contribution in [2.24, 2.45) is 0 Å². The third-order valence-corrected chi connectivity index (χ3v) is 3.58. The maximum Gasteiger partial charge on any atom is 0.321 e. The van der Waals surface area contributed by atoms with E-state index in [0.717, 1.165) is 22.6 Å². The van der Waals surface area contributed by atoms with Gasteiger partial charge >= 0.3 is 6.03 Å². The van der Waals surface area contributed by atoms with E-state index in [1.165, 1.54) is 11.3 Å². The van der Waals surface area contributed by atoms with Crippen molar-refractivity contribution in [1.82, 2.24) is 10.3 Å². The third-order valence-electron chi connectivity index (χ3n) is 2.82. The predicted molar refractivity (Wildman–Crippen MR) is 86.1 cm³/mol. The molecule has 0 fully saturated rings. The normalized spacial score (nSPS) is 10.0. The number of methoxy groups -OCH3 is 1. The van der Waals surface area contributed by atoms with E-state index < -0.39 is 0 Å². The summed E-state index contributed by atoms with van der Waals surface area (Å²) in [5.41, 5.74) is 2.86. The molecule has 6 heteroatoms. The molecule has 0 saturated carbocycles. The van der Waals surface area contributed by atoms with Crippen molar-refractivity contribution in [2.75, 3.05) is 19.0 Å². The number of thiazole rings is 1. The lowest BCUT2D eigenvalue weighted by Crippen LogP contribution is -2.28. The molecule has 0 radical (unpaired) electrons. The molecule has 2 rings (SSSR count). The van der Waals surface area contributed by atoms with Crippen LogP contribution in [0.1, 0.15) is 5.56 Å². The average molecular weight is 303 g/mol. The maximum atomic E-state index is 11.5. The lowest BCUT2D eigenvalue weighted by Gasteiger charge is -2.05. The Kier molecular flexibility index (Phi) is 4.94. The summed E-state index contributed by atoms with van der Waals surface area (Å²) in [7, 11) is 1.65. The Morgan fingerprint density at radius 2 is 2.33 bits per heavy atom. The van der Waals surface area contributed by atoms with E-state index in [-0.39, 0.29) is 6.03 Å². The molecule has 2 amide bonds. The average Bonchev–Trinajstić information content (AvgIpc) is 2.93. The van der Waals surface area contributed by atoms with Gasteiger partial charge in [0.2, 0.25) is 0 Å². The first-order valence-electron chi connectivity index (χ1n) is 6.40. The fourth-order valence-electron chi connectivity index (χ4n) is 1.81. The van der Waals surface area contributed by atoms with Gasteiger partial charge in [-0.25, -0.2) is 9.78 Å². The van der Waals surface area contributed by atoms with Gasteiger partial charge in [-0.3, -0.25) is 5.32 Å². The molecule has 0 spiro atoms. The fraction of sp³-hybridized carbons (Fsp3) is 0.200. The highest BCUT2D eigenvalue weighted by Crippen LogP contribution is 2.28. The number of aromatic nitrogens is 1. The molecule has 1 heterocycles. The number of rotatable bonds is 5. The fourth-order valence-corrected chi connectivity index (χ4v) is 2.52. The van der Waals surface area contributed by atoms with Gasteiger partial charge in [-0.1, -0.05) is 6.08 Å². The minimum atomic E-state index is -0.290. The predicted octanol–water partition coefficient (Wildman–Crippen LogP) is 3.43. The topological polar surface area (TPSA) is 63.2 Å². The van der Waals surface area contributed by atoms with Gasteiger partial charge in [0.25, 0.3) is 0 Å². The first kappa shape index (κ1) is 15.1. The standard InChI is InChI=1S/C15H17N3O2S/c1-4-7-16-14(19)18-15-17-12(9-21-15)11-5-6-13(20-3)10(2)8-11/h4-6,8-9H,1,7H2,2-3H3,(H2,16,17,18,19). The summed E-state index contributed by atoms with van der Waals surface area (Å²) < 4.78 is 5.24. The highest BCUT2D eigenvalue weighted by atomic mass is 32.1. The smallest absolute Gasteiger partial charge is 0.321 e. The summed E-state index contributed by atoms with van der Waals surface area (Å²) in [6.45, 7) is 5.94. The molecular formula is C15H17N3O2S. The van der Waals surface area contributed by atoms with Crippen LogP contribution in [-0.4, -0.2) is 24.7 Å². The van der Waals surface area contributed by atoms with Crippen LogP contribution in [0, 0.1) is 6.92 Å². The Morgan fingerprint density at radius 3 is 3.00 bits per heavy atom. The van der Waals surface area contributed by atoms with Gasteiger partial charge < -0.3 is 10.1 Å². The van der Waals surface area contributed by atoms with Crippen molar-refractivity contribution in [3.63, 3.8) is 0 Å². The summed E-state index contributed by atoms with van der Waals surface area (Å²) in [6, 6.07) is 5.58. The van der Waals surface area contributed by atoms with Crippen LogP contribution < -0.4 is 15.4 Å². The lowest BCUT2D eigenvalue weighted by atomic mass is 10.1. The third kappa shape index (κ3) is 3.82. The SMILES string of the molecule is C=CCNC(=O)Nc1nc(-c2ccc(OC)c(C)c2)cs1. The number of urea groups is 1. The van der Waals surface area contributed by atoms with Crippen LogP contribution in [0.5, 0.6) is 5.75 Å². The van der Waals surface area contributed by atoms with Crippen molar-refractivity contribution < 1.29 is 9.53 Å². The number of hydrogen-bond donors (Lipinski definition) is 2.